The number of fused-ring (bicyclic) bond motifs is 2. The van der Waals surface area contributed by atoms with Crippen LogP contribution in [0.3, 0.4) is 0 Å². The summed E-state index contributed by atoms with van der Waals surface area (Å²) in [5, 5.41) is 3.07. The molecule has 10 aromatic rings. The number of benzene rings is 10. The number of anilines is 3. The average Bonchev–Trinajstić information content (AvgIpc) is 3.37. The van der Waals surface area contributed by atoms with Gasteiger partial charge in [0.15, 0.2) is 0 Å². The topological polar surface area (TPSA) is 3.24 Å². The van der Waals surface area contributed by atoms with Gasteiger partial charge in [-0.05, 0) is 120 Å². The van der Waals surface area contributed by atoms with Crippen LogP contribution in [-0.4, -0.2) is 0 Å². The molecule has 0 aromatic heterocycles. The Morgan fingerprint density at radius 2 is 0.842 bits per heavy atom. The molecule has 0 aliphatic carbocycles. The van der Waals surface area contributed by atoms with E-state index in [0.717, 1.165) is 37.7 Å². The minimum Gasteiger partial charge on any atom is -0.310 e. The molecule has 0 N–H and O–H groups in total. The third-order valence-corrected chi connectivity index (χ3v) is 10.1. The van der Waals surface area contributed by atoms with Crippen molar-refractivity contribution in [1.29, 1.82) is 0 Å². The molecule has 0 fully saturated rings. The fourth-order valence-corrected chi connectivity index (χ4v) is 7.23. The van der Waals surface area contributed by atoms with E-state index in [-0.39, 0.29) is 16.7 Å². The Morgan fingerprint density at radius 1 is 0.316 bits per heavy atom. The van der Waals surface area contributed by atoms with Gasteiger partial charge in [-0.3, -0.25) is 0 Å². The van der Waals surface area contributed by atoms with Gasteiger partial charge in [-0.25, -0.2) is 0 Å². The van der Waals surface area contributed by atoms with Crippen molar-refractivity contribution in [2.45, 2.75) is 0 Å². The van der Waals surface area contributed by atoms with Crippen molar-refractivity contribution in [2.24, 2.45) is 0 Å². The van der Waals surface area contributed by atoms with Gasteiger partial charge in [0.2, 0.25) is 0 Å². The van der Waals surface area contributed by atoms with Gasteiger partial charge in [0.1, 0.15) is 0 Å². The lowest BCUT2D eigenvalue weighted by molar-refractivity contribution is 1.28. The normalized spacial score (nSPS) is 14.1. The smallest absolute Gasteiger partial charge is 0.0651 e. The first-order chi connectivity index (χ1) is 33.3. The van der Waals surface area contributed by atoms with E-state index < -0.39 is 89.6 Å². The van der Waals surface area contributed by atoms with E-state index in [0.29, 0.717) is 27.6 Å². The van der Waals surface area contributed by atoms with Crippen LogP contribution in [0, 0.1) is 0 Å². The molecule has 1 nitrogen and oxygen atoms in total. The Kier molecular flexibility index (Phi) is 6.16. The second-order valence-corrected chi connectivity index (χ2v) is 13.6. The van der Waals surface area contributed by atoms with Gasteiger partial charge >= 0.3 is 0 Å². The predicted octanol–water partition coefficient (Wildman–Crippen LogP) is 15.8. The maximum atomic E-state index is 9.86. The number of rotatable bonds is 8. The first-order valence-electron chi connectivity index (χ1n) is 24.6. The molecule has 0 radical (unpaired) electrons. The second kappa shape index (κ2) is 15.0. The molecule has 0 unspecified atom stereocenters. The van der Waals surface area contributed by atoms with Crippen LogP contribution in [0.25, 0.3) is 77.2 Å². The van der Waals surface area contributed by atoms with Gasteiger partial charge in [0.05, 0.1) is 16.4 Å². The van der Waals surface area contributed by atoms with Crippen molar-refractivity contribution >= 4 is 38.6 Å². The van der Waals surface area contributed by atoms with Gasteiger partial charge < -0.3 is 4.90 Å². The summed E-state index contributed by atoms with van der Waals surface area (Å²) in [7, 11) is 0. The Hall–Kier alpha value is -7.48. The van der Waals surface area contributed by atoms with Gasteiger partial charge in [-0.15, -0.1) is 0 Å². The van der Waals surface area contributed by atoms with Crippen LogP contribution in [0.4, 0.5) is 17.1 Å². The fourth-order valence-electron chi connectivity index (χ4n) is 7.23. The third kappa shape index (κ3) is 6.77. The van der Waals surface area contributed by atoms with Crippen molar-refractivity contribution in [2.75, 3.05) is 4.90 Å². The molecule has 0 heterocycles. The fraction of sp³-hybridized carbons (Fsp3) is 0. The highest BCUT2D eigenvalue weighted by Crippen LogP contribution is 2.42. The monoisotopic (exact) mass is 737 g/mol. The van der Waals surface area contributed by atoms with Crippen LogP contribution < -0.4 is 4.90 Å². The van der Waals surface area contributed by atoms with Crippen LogP contribution in [0.5, 0.6) is 0 Å². The van der Waals surface area contributed by atoms with E-state index in [2.05, 4.69) is 0 Å². The van der Waals surface area contributed by atoms with Crippen LogP contribution in [0.2, 0.25) is 0 Å². The SMILES string of the molecule is [2H]c1c([2H])c(-c2ccc3ccccc3c2)c([2H])c(N(c2c([2H])c([2H])c(-c3ccc(-c4ccccc4)cc3)c([2H])c2[2H])c2c([2H])c([2H])c(-c3c(-c4ccccc4)ccc4ccccc34)c([2H])c2[2H])c1[2H]. The zero-order valence-corrected chi connectivity index (χ0v) is 30.5. The van der Waals surface area contributed by atoms with Gasteiger partial charge in [-0.1, -0.05) is 194 Å². The van der Waals surface area contributed by atoms with Crippen LogP contribution in [-0.2, 0) is 0 Å². The summed E-state index contributed by atoms with van der Waals surface area (Å²) in [5.74, 6) is 0. The van der Waals surface area contributed by atoms with E-state index in [1.54, 1.807) is 30.3 Å². The van der Waals surface area contributed by atoms with Gasteiger partial charge in [0.25, 0.3) is 0 Å². The molecule has 0 saturated carbocycles. The third-order valence-electron chi connectivity index (χ3n) is 10.1. The summed E-state index contributed by atoms with van der Waals surface area (Å²) < 4.78 is 115. The van der Waals surface area contributed by atoms with Crippen molar-refractivity contribution in [3.63, 3.8) is 0 Å². The maximum absolute atomic E-state index is 9.86. The van der Waals surface area contributed by atoms with E-state index in [1.807, 2.05) is 133 Å². The highest BCUT2D eigenvalue weighted by Gasteiger charge is 2.17. The summed E-state index contributed by atoms with van der Waals surface area (Å²) in [6.45, 7) is 0. The Balaban J connectivity index is 1.28. The van der Waals surface area contributed by atoms with Crippen molar-refractivity contribution in [1.82, 2.24) is 0 Å². The van der Waals surface area contributed by atoms with E-state index >= 15 is 0 Å². The molecule has 10 aromatic carbocycles. The molecular formula is C56H39N. The molecule has 0 aliphatic rings. The number of hydrogen-bond acceptors (Lipinski definition) is 1. The first-order valence-corrected chi connectivity index (χ1v) is 18.6. The van der Waals surface area contributed by atoms with Crippen LogP contribution in [0.1, 0.15) is 16.4 Å². The zero-order chi connectivity index (χ0) is 48.4. The summed E-state index contributed by atoms with van der Waals surface area (Å²) in [6.07, 6.45) is 0. The Bertz CT molecular complexity index is 3630. The van der Waals surface area contributed by atoms with Crippen molar-refractivity contribution < 1.29 is 16.4 Å². The van der Waals surface area contributed by atoms with Crippen LogP contribution >= 0.6 is 0 Å². The summed E-state index contributed by atoms with van der Waals surface area (Å²) in [6, 6.07) is 42.8. The number of nitrogens with zero attached hydrogens (tertiary/aromatic N) is 1. The molecule has 268 valence electrons. The summed E-state index contributed by atoms with van der Waals surface area (Å²) >= 11 is 0. The number of hydrogen-bond donors (Lipinski definition) is 0. The standard InChI is InChI=1S/C56H39N/c1-3-12-40(13-4-1)42-22-24-43(25-23-42)44-28-33-51(34-29-44)57(53-20-11-19-49(39-53)50-27-26-41-14-7-8-18-48(41)38-50)52-35-30-47(31-36-52)56-54-21-10-9-17-46(54)32-37-55(56)45-15-5-2-6-16-45/h1-39H/i11D,19D,20D,28D,29D,30D,31D,33D,34D,35D,36D,39D. The summed E-state index contributed by atoms with van der Waals surface area (Å²) in [5.41, 5.74) is 2.48. The first kappa shape index (κ1) is 23.4. The van der Waals surface area contributed by atoms with Gasteiger partial charge in [-0.2, -0.15) is 0 Å². The molecule has 0 saturated heterocycles. The van der Waals surface area contributed by atoms with E-state index in [9.17, 15) is 15.1 Å². The van der Waals surface area contributed by atoms with Crippen LogP contribution in [0.15, 0.2) is 236 Å². The molecule has 10 rings (SSSR count). The molecule has 0 atom stereocenters. The molecule has 0 aliphatic heterocycles. The van der Waals surface area contributed by atoms with Crippen molar-refractivity contribution in [3.05, 3.63) is 236 Å². The minimum atomic E-state index is -0.728. The summed E-state index contributed by atoms with van der Waals surface area (Å²) in [4.78, 5) is 0.904. The lowest BCUT2D eigenvalue weighted by Gasteiger charge is -2.27. The predicted molar refractivity (Wildman–Crippen MR) is 243 cm³/mol. The Labute approximate surface area is 351 Å². The largest absolute Gasteiger partial charge is 0.310 e. The highest BCUT2D eigenvalue weighted by molar-refractivity contribution is 6.04. The lowest BCUT2D eigenvalue weighted by atomic mass is 9.89. The highest BCUT2D eigenvalue weighted by atomic mass is 15.1. The maximum Gasteiger partial charge on any atom is 0.0651 e. The molecule has 0 amide bonds. The van der Waals surface area contributed by atoms with E-state index in [4.69, 9.17) is 1.37 Å². The van der Waals surface area contributed by atoms with Gasteiger partial charge in [0, 0.05) is 17.1 Å². The quantitative estimate of drug-likeness (QED) is 0.150. The zero-order valence-electron chi connectivity index (χ0n) is 42.5. The molecular weight excluding hydrogens is 687 g/mol. The van der Waals surface area contributed by atoms with Crippen molar-refractivity contribution in [3.8, 4) is 55.6 Å². The molecule has 1 heteroatoms. The lowest BCUT2D eigenvalue weighted by Crippen LogP contribution is -2.10. The molecule has 0 spiro atoms. The average molecular weight is 738 g/mol. The minimum absolute atomic E-state index is 0.0464. The molecule has 0 bridgehead atoms. The van der Waals surface area contributed by atoms with E-state index in [1.165, 1.54) is 0 Å². The Morgan fingerprint density at radius 3 is 1.54 bits per heavy atom. The second-order valence-electron chi connectivity index (χ2n) is 13.6. The molecule has 57 heavy (non-hydrogen) atoms.